The first-order valence-electron chi connectivity index (χ1n) is 12.0. The highest BCUT2D eigenvalue weighted by Crippen LogP contribution is 2.39. The number of benzene rings is 2. The Morgan fingerprint density at radius 2 is 1.88 bits per heavy atom. The lowest BCUT2D eigenvalue weighted by Gasteiger charge is -2.39. The fourth-order valence-electron chi connectivity index (χ4n) is 5.05. The molecule has 4 rings (SSSR count). The Balaban J connectivity index is 1.49. The smallest absolute Gasteiger partial charge is 0.225 e. The van der Waals surface area contributed by atoms with Crippen LogP contribution in [0.2, 0.25) is 0 Å². The van der Waals surface area contributed by atoms with Crippen LogP contribution in [0.4, 0.5) is 0 Å². The van der Waals surface area contributed by atoms with Crippen LogP contribution in [0.15, 0.2) is 48.5 Å². The van der Waals surface area contributed by atoms with E-state index in [-0.39, 0.29) is 17.7 Å². The number of rotatable bonds is 7. The number of likely N-dealkylation sites (tertiary alicyclic amines) is 1. The molecule has 0 saturated carbocycles. The highest BCUT2D eigenvalue weighted by Gasteiger charge is 2.39. The second-order valence-electron chi connectivity index (χ2n) is 9.39. The van der Waals surface area contributed by atoms with Crippen LogP contribution in [0.3, 0.4) is 0 Å². The molecule has 1 amide bonds. The van der Waals surface area contributed by atoms with Gasteiger partial charge in [0.1, 0.15) is 0 Å². The molecule has 5 nitrogen and oxygen atoms in total. The van der Waals surface area contributed by atoms with Crippen molar-refractivity contribution >= 4 is 5.91 Å². The number of ether oxygens (including phenoxy) is 2. The molecule has 0 spiro atoms. The minimum absolute atomic E-state index is 0.0174. The van der Waals surface area contributed by atoms with Gasteiger partial charge in [0, 0.05) is 19.5 Å². The Morgan fingerprint density at radius 3 is 2.59 bits per heavy atom. The van der Waals surface area contributed by atoms with Crippen molar-refractivity contribution in [1.82, 2.24) is 10.2 Å². The Labute approximate surface area is 192 Å². The summed E-state index contributed by atoms with van der Waals surface area (Å²) < 4.78 is 11.8. The molecule has 2 unspecified atom stereocenters. The van der Waals surface area contributed by atoms with Gasteiger partial charge in [0.15, 0.2) is 11.5 Å². The molecule has 2 aromatic rings. The Hall–Kier alpha value is -2.53. The maximum absolute atomic E-state index is 13.4. The number of nitrogens with one attached hydrogen (secondary N) is 1. The maximum atomic E-state index is 13.4. The summed E-state index contributed by atoms with van der Waals surface area (Å²) in [6, 6.07) is 16.6. The minimum Gasteiger partial charge on any atom is -0.490 e. The van der Waals surface area contributed by atoms with Crippen molar-refractivity contribution in [2.24, 2.45) is 11.8 Å². The summed E-state index contributed by atoms with van der Waals surface area (Å²) in [5, 5.41) is 3.48. The third-order valence-electron chi connectivity index (χ3n) is 7.04. The van der Waals surface area contributed by atoms with Gasteiger partial charge >= 0.3 is 0 Å². The van der Waals surface area contributed by atoms with E-state index in [4.69, 9.17) is 9.47 Å². The summed E-state index contributed by atoms with van der Waals surface area (Å²) in [6.45, 7) is 10.5. The van der Waals surface area contributed by atoms with Gasteiger partial charge in [0.05, 0.1) is 24.7 Å². The third-order valence-corrected chi connectivity index (χ3v) is 7.04. The van der Waals surface area contributed by atoms with Crippen LogP contribution < -0.4 is 14.8 Å². The van der Waals surface area contributed by atoms with Crippen molar-refractivity contribution < 1.29 is 14.3 Å². The number of carbonyl (C=O) groups excluding carboxylic acids is 1. The number of fused-ring (bicyclic) bond motifs is 1. The first-order valence-corrected chi connectivity index (χ1v) is 12.0. The van der Waals surface area contributed by atoms with Gasteiger partial charge in [-0.25, -0.2) is 0 Å². The molecule has 2 aliphatic heterocycles. The molecule has 0 aromatic heterocycles. The second kappa shape index (κ2) is 9.95. The molecule has 5 heteroatoms. The zero-order chi connectivity index (χ0) is 22.6. The highest BCUT2D eigenvalue weighted by atomic mass is 16.5. The summed E-state index contributed by atoms with van der Waals surface area (Å²) in [6.07, 6.45) is 2.60. The van der Waals surface area contributed by atoms with Crippen LogP contribution >= 0.6 is 0 Å². The predicted molar refractivity (Wildman–Crippen MR) is 127 cm³/mol. The lowest BCUT2D eigenvalue weighted by molar-refractivity contribution is -0.127. The fraction of sp³-hybridized carbons (Fsp3) is 0.519. The van der Waals surface area contributed by atoms with Crippen molar-refractivity contribution in [1.29, 1.82) is 0 Å². The normalized spacial score (nSPS) is 20.6. The summed E-state index contributed by atoms with van der Waals surface area (Å²) >= 11 is 0. The van der Waals surface area contributed by atoms with Gasteiger partial charge in [-0.3, -0.25) is 9.69 Å². The van der Waals surface area contributed by atoms with Crippen LogP contribution in [0.5, 0.6) is 11.5 Å². The van der Waals surface area contributed by atoms with Gasteiger partial charge in [-0.2, -0.15) is 0 Å². The van der Waals surface area contributed by atoms with E-state index in [0.29, 0.717) is 13.2 Å². The van der Waals surface area contributed by atoms with Gasteiger partial charge in [-0.1, -0.05) is 57.2 Å². The molecule has 2 aliphatic rings. The number of carbonyl (C=O) groups is 1. The lowest BCUT2D eigenvalue weighted by Crippen LogP contribution is -2.51. The van der Waals surface area contributed by atoms with E-state index in [2.05, 4.69) is 67.4 Å². The van der Waals surface area contributed by atoms with Crippen molar-refractivity contribution in [3.05, 3.63) is 59.7 Å². The fourth-order valence-corrected chi connectivity index (χ4v) is 5.05. The number of hydrogen-bond acceptors (Lipinski definition) is 4. The molecule has 1 saturated heterocycles. The van der Waals surface area contributed by atoms with Gasteiger partial charge in [0.25, 0.3) is 0 Å². The van der Waals surface area contributed by atoms with Gasteiger partial charge in [-0.05, 0) is 48.6 Å². The van der Waals surface area contributed by atoms with Crippen LogP contribution in [-0.2, 0) is 16.9 Å². The molecule has 1 fully saturated rings. The Bertz CT molecular complexity index is 914. The Morgan fingerprint density at radius 1 is 1.12 bits per heavy atom. The summed E-state index contributed by atoms with van der Waals surface area (Å²) in [5.41, 5.74) is 1.95. The van der Waals surface area contributed by atoms with Crippen LogP contribution in [0.25, 0.3) is 0 Å². The minimum atomic E-state index is -0.436. The molecule has 2 atom stereocenters. The number of hydrogen-bond donors (Lipinski definition) is 1. The lowest BCUT2D eigenvalue weighted by atomic mass is 9.77. The van der Waals surface area contributed by atoms with E-state index in [1.807, 2.05) is 12.1 Å². The first-order chi connectivity index (χ1) is 15.5. The zero-order valence-corrected chi connectivity index (χ0v) is 19.6. The van der Waals surface area contributed by atoms with E-state index in [0.717, 1.165) is 56.0 Å². The van der Waals surface area contributed by atoms with Gasteiger partial charge in [0.2, 0.25) is 5.91 Å². The van der Waals surface area contributed by atoms with Crippen molar-refractivity contribution in [2.45, 2.75) is 52.1 Å². The Kier molecular flexibility index (Phi) is 7.04. The largest absolute Gasteiger partial charge is 0.490 e. The van der Waals surface area contributed by atoms with Crippen LogP contribution in [-0.4, -0.2) is 37.1 Å². The number of nitrogens with zero attached hydrogens (tertiary/aromatic N) is 1. The summed E-state index contributed by atoms with van der Waals surface area (Å²) in [5.74, 6) is 1.98. The first kappa shape index (κ1) is 22.7. The molecular weight excluding hydrogens is 400 g/mol. The number of amides is 1. The van der Waals surface area contributed by atoms with Crippen LogP contribution in [0, 0.1) is 11.8 Å². The van der Waals surface area contributed by atoms with Crippen molar-refractivity contribution in [3.63, 3.8) is 0 Å². The second-order valence-corrected chi connectivity index (χ2v) is 9.39. The van der Waals surface area contributed by atoms with Crippen LogP contribution in [0.1, 0.15) is 51.2 Å². The molecule has 0 bridgehead atoms. The van der Waals surface area contributed by atoms with Crippen molar-refractivity contribution in [2.75, 3.05) is 26.3 Å². The molecule has 2 heterocycles. The van der Waals surface area contributed by atoms with E-state index in [1.165, 1.54) is 5.56 Å². The average Bonchev–Trinajstić information content (AvgIpc) is 3.14. The molecular formula is C27H36N2O3. The van der Waals surface area contributed by atoms with Crippen molar-refractivity contribution in [3.8, 4) is 11.5 Å². The third kappa shape index (κ3) is 4.78. The molecule has 1 N–H and O–H groups in total. The van der Waals surface area contributed by atoms with Gasteiger partial charge in [-0.15, -0.1) is 0 Å². The summed E-state index contributed by atoms with van der Waals surface area (Å²) in [7, 11) is 0. The SMILES string of the molecule is CCC(NC(=O)C1CCN(Cc2ccccc2)C1)(c1ccc2c(c1)OCCCO2)C(C)C. The zero-order valence-electron chi connectivity index (χ0n) is 19.6. The molecule has 2 aromatic carbocycles. The molecule has 0 aliphatic carbocycles. The van der Waals surface area contributed by atoms with E-state index < -0.39 is 5.54 Å². The van der Waals surface area contributed by atoms with E-state index in [1.54, 1.807) is 0 Å². The van der Waals surface area contributed by atoms with E-state index in [9.17, 15) is 4.79 Å². The quantitative estimate of drug-likeness (QED) is 0.681. The van der Waals surface area contributed by atoms with E-state index >= 15 is 0 Å². The maximum Gasteiger partial charge on any atom is 0.225 e. The molecule has 172 valence electrons. The topological polar surface area (TPSA) is 50.8 Å². The standard InChI is InChI=1S/C27H36N2O3/c1-4-27(20(2)3,23-11-12-24-25(17-23)32-16-8-15-31-24)28-26(30)22-13-14-29(19-22)18-21-9-6-5-7-10-21/h5-7,9-12,17,20,22H,4,8,13-16,18-19H2,1-3H3,(H,28,30). The summed E-state index contributed by atoms with van der Waals surface area (Å²) in [4.78, 5) is 15.8. The monoisotopic (exact) mass is 436 g/mol. The average molecular weight is 437 g/mol. The molecule has 0 radical (unpaired) electrons. The molecule has 32 heavy (non-hydrogen) atoms. The van der Waals surface area contributed by atoms with Gasteiger partial charge < -0.3 is 14.8 Å². The highest BCUT2D eigenvalue weighted by molar-refractivity contribution is 5.80. The predicted octanol–water partition coefficient (Wildman–Crippen LogP) is 4.75.